The Morgan fingerprint density at radius 1 is 0.491 bits per heavy atom. The molecule has 4 rings (SSSR count). The topological polar surface area (TPSA) is 153 Å². The third-order valence-electron chi connectivity index (χ3n) is 8.67. The van der Waals surface area contributed by atoms with Crippen molar-refractivity contribution < 1.29 is 33.4 Å². The van der Waals surface area contributed by atoms with Gasteiger partial charge in [-0.2, -0.15) is 0 Å². The van der Waals surface area contributed by atoms with Gasteiger partial charge in [-0.3, -0.25) is 4.79 Å². The van der Waals surface area contributed by atoms with E-state index in [9.17, 15) is 19.2 Å². The fraction of sp³-hybridized carbons (Fsp3) is 0.349. The second-order valence-corrected chi connectivity index (χ2v) is 13.0. The maximum atomic E-state index is 13.6. The van der Waals surface area contributed by atoms with Crippen LogP contribution >= 0.6 is 0 Å². The van der Waals surface area contributed by atoms with Gasteiger partial charge in [-0.1, -0.05) is 121 Å². The summed E-state index contributed by atoms with van der Waals surface area (Å²) < 4.78 is 16.2. The quantitative estimate of drug-likeness (QED) is 0.0614. The van der Waals surface area contributed by atoms with E-state index in [-0.39, 0.29) is 25.7 Å². The number of amides is 4. The maximum absolute atomic E-state index is 13.6. The molecule has 4 amide bonds. The van der Waals surface area contributed by atoms with Gasteiger partial charge in [0, 0.05) is 39.3 Å². The molecular formula is C43H53N5O7. The third kappa shape index (κ3) is 16.8. The van der Waals surface area contributed by atoms with Crippen LogP contribution in [0.15, 0.2) is 121 Å². The van der Waals surface area contributed by atoms with Crippen LogP contribution < -0.4 is 16.4 Å². The number of hydrogen-bond donors (Lipinski definition) is 3. The summed E-state index contributed by atoms with van der Waals surface area (Å²) in [6, 6.07) is 37.2. The molecule has 0 heterocycles. The number of nitrogens with zero attached hydrogens (tertiary/aromatic N) is 2. The van der Waals surface area contributed by atoms with Crippen molar-refractivity contribution in [1.82, 2.24) is 20.4 Å². The van der Waals surface area contributed by atoms with Gasteiger partial charge in [-0.05, 0) is 54.4 Å². The lowest BCUT2D eigenvalue weighted by Crippen LogP contribution is -2.46. The zero-order chi connectivity index (χ0) is 38.9. The largest absolute Gasteiger partial charge is 0.445 e. The van der Waals surface area contributed by atoms with Crippen molar-refractivity contribution in [2.24, 2.45) is 5.73 Å². The second kappa shape index (κ2) is 24.4. The van der Waals surface area contributed by atoms with Crippen molar-refractivity contribution in [3.8, 4) is 0 Å². The van der Waals surface area contributed by atoms with E-state index in [0.717, 1.165) is 22.3 Å². The standard InChI is InChI=1S/C43H53N5O7/c44-39(31-35-17-5-1-6-18-35)40(49)47(29-15-25-45-41(50)53-32-36-19-7-2-8-20-36)27-13-14-28-48(43(52)55-34-38-23-11-4-12-24-38)30-16-26-46-42(51)54-33-37-21-9-3-10-22-37/h1-12,17-24,39H,13-16,25-34,44H2,(H,45,50)(H,46,51). The van der Waals surface area contributed by atoms with E-state index in [0.29, 0.717) is 71.4 Å². The summed E-state index contributed by atoms with van der Waals surface area (Å²) in [5.74, 6) is -0.181. The van der Waals surface area contributed by atoms with Gasteiger partial charge in [-0.25, -0.2) is 14.4 Å². The molecule has 0 aromatic heterocycles. The Labute approximate surface area is 323 Å². The Morgan fingerprint density at radius 2 is 0.855 bits per heavy atom. The summed E-state index contributed by atoms with van der Waals surface area (Å²) in [5, 5.41) is 5.50. The molecule has 4 aromatic carbocycles. The van der Waals surface area contributed by atoms with E-state index in [4.69, 9.17) is 19.9 Å². The van der Waals surface area contributed by atoms with Crippen LogP contribution in [0.2, 0.25) is 0 Å². The molecule has 1 unspecified atom stereocenters. The lowest BCUT2D eigenvalue weighted by Gasteiger charge is -2.27. The molecular weight excluding hydrogens is 699 g/mol. The summed E-state index contributed by atoms with van der Waals surface area (Å²) in [6.45, 7) is 2.64. The Bertz CT molecular complexity index is 1700. The molecule has 0 bridgehead atoms. The Hall–Kier alpha value is -5.88. The van der Waals surface area contributed by atoms with E-state index in [1.165, 1.54) is 0 Å². The van der Waals surface area contributed by atoms with Crippen LogP contribution in [0.25, 0.3) is 0 Å². The molecule has 0 saturated carbocycles. The highest BCUT2D eigenvalue weighted by Crippen LogP contribution is 2.10. The highest BCUT2D eigenvalue weighted by atomic mass is 16.6. The first kappa shape index (κ1) is 41.9. The summed E-state index contributed by atoms with van der Waals surface area (Å²) in [5.41, 5.74) is 10.0. The first-order valence-corrected chi connectivity index (χ1v) is 18.8. The second-order valence-electron chi connectivity index (χ2n) is 13.0. The molecule has 0 fully saturated rings. The van der Waals surface area contributed by atoms with Crippen LogP contribution in [-0.4, -0.2) is 79.3 Å². The summed E-state index contributed by atoms with van der Waals surface area (Å²) in [6.07, 6.45) is 1.06. The van der Waals surface area contributed by atoms with Crippen molar-refractivity contribution in [2.45, 2.75) is 58.0 Å². The van der Waals surface area contributed by atoms with Crippen LogP contribution in [0.4, 0.5) is 14.4 Å². The van der Waals surface area contributed by atoms with Crippen molar-refractivity contribution in [3.63, 3.8) is 0 Å². The monoisotopic (exact) mass is 751 g/mol. The van der Waals surface area contributed by atoms with Gasteiger partial charge in [0.2, 0.25) is 5.91 Å². The van der Waals surface area contributed by atoms with E-state index >= 15 is 0 Å². The number of carbonyl (C=O) groups is 4. The highest BCUT2D eigenvalue weighted by molar-refractivity contribution is 5.82. The lowest BCUT2D eigenvalue weighted by molar-refractivity contribution is -0.132. The summed E-state index contributed by atoms with van der Waals surface area (Å²) in [4.78, 5) is 54.7. The molecule has 12 nitrogen and oxygen atoms in total. The number of unbranched alkanes of at least 4 members (excludes halogenated alkanes) is 1. The number of rotatable bonds is 22. The van der Waals surface area contributed by atoms with Gasteiger partial charge in [0.25, 0.3) is 0 Å². The van der Waals surface area contributed by atoms with Crippen molar-refractivity contribution in [1.29, 1.82) is 0 Å². The first-order chi connectivity index (χ1) is 26.9. The van der Waals surface area contributed by atoms with Crippen molar-refractivity contribution >= 4 is 24.2 Å². The van der Waals surface area contributed by atoms with Gasteiger partial charge in [-0.15, -0.1) is 0 Å². The Balaban J connectivity index is 1.27. The van der Waals surface area contributed by atoms with Crippen LogP contribution in [0.5, 0.6) is 0 Å². The van der Waals surface area contributed by atoms with E-state index < -0.39 is 24.3 Å². The zero-order valence-corrected chi connectivity index (χ0v) is 31.4. The molecule has 12 heteroatoms. The van der Waals surface area contributed by atoms with Crippen LogP contribution in [0.1, 0.15) is 47.9 Å². The molecule has 0 radical (unpaired) electrons. The van der Waals surface area contributed by atoms with Gasteiger partial charge < -0.3 is 40.4 Å². The molecule has 0 aliphatic heterocycles. The predicted octanol–water partition coefficient (Wildman–Crippen LogP) is 6.44. The smallest absolute Gasteiger partial charge is 0.410 e. The SMILES string of the molecule is NC(Cc1ccccc1)C(=O)N(CCCCN(CCCNC(=O)OCc1ccccc1)C(=O)OCc1ccccc1)CCCNC(=O)OCc1ccccc1. The van der Waals surface area contributed by atoms with Gasteiger partial charge in [0.15, 0.2) is 0 Å². The molecule has 55 heavy (non-hydrogen) atoms. The highest BCUT2D eigenvalue weighted by Gasteiger charge is 2.22. The van der Waals surface area contributed by atoms with Gasteiger partial charge in [0.1, 0.15) is 19.8 Å². The lowest BCUT2D eigenvalue weighted by atomic mass is 10.1. The fourth-order valence-corrected chi connectivity index (χ4v) is 5.70. The zero-order valence-electron chi connectivity index (χ0n) is 31.4. The van der Waals surface area contributed by atoms with Crippen LogP contribution in [0, 0.1) is 0 Å². The number of benzene rings is 4. The normalized spacial score (nSPS) is 11.1. The molecule has 292 valence electrons. The summed E-state index contributed by atoms with van der Waals surface area (Å²) in [7, 11) is 0. The maximum Gasteiger partial charge on any atom is 0.410 e. The average molecular weight is 752 g/mol. The average Bonchev–Trinajstić information content (AvgIpc) is 3.22. The van der Waals surface area contributed by atoms with Crippen LogP contribution in [0.3, 0.4) is 0 Å². The molecule has 4 N–H and O–H groups in total. The summed E-state index contributed by atoms with van der Waals surface area (Å²) >= 11 is 0. The molecule has 4 aromatic rings. The Morgan fingerprint density at radius 3 is 1.31 bits per heavy atom. The van der Waals surface area contributed by atoms with Gasteiger partial charge >= 0.3 is 18.3 Å². The van der Waals surface area contributed by atoms with E-state index in [1.807, 2.05) is 121 Å². The molecule has 0 aliphatic carbocycles. The van der Waals surface area contributed by atoms with E-state index in [2.05, 4.69) is 10.6 Å². The number of nitrogens with two attached hydrogens (primary N) is 1. The van der Waals surface area contributed by atoms with Crippen molar-refractivity contribution in [3.05, 3.63) is 144 Å². The predicted molar refractivity (Wildman–Crippen MR) is 211 cm³/mol. The molecule has 0 aliphatic rings. The molecule has 1 atom stereocenters. The minimum Gasteiger partial charge on any atom is -0.445 e. The van der Waals surface area contributed by atoms with Gasteiger partial charge in [0.05, 0.1) is 6.04 Å². The number of nitrogens with one attached hydrogen (secondary N) is 2. The third-order valence-corrected chi connectivity index (χ3v) is 8.67. The first-order valence-electron chi connectivity index (χ1n) is 18.8. The molecule has 0 saturated heterocycles. The number of ether oxygens (including phenoxy) is 3. The number of carbonyl (C=O) groups excluding carboxylic acids is 4. The minimum absolute atomic E-state index is 0.135. The minimum atomic E-state index is -0.734. The van der Waals surface area contributed by atoms with E-state index in [1.54, 1.807) is 9.80 Å². The fourth-order valence-electron chi connectivity index (χ4n) is 5.70. The van der Waals surface area contributed by atoms with Crippen LogP contribution in [-0.2, 0) is 45.2 Å². The number of hydrogen-bond acceptors (Lipinski definition) is 8. The molecule has 0 spiro atoms. The van der Waals surface area contributed by atoms with Crippen molar-refractivity contribution in [2.75, 3.05) is 39.3 Å². The number of alkyl carbamates (subject to hydrolysis) is 2. The Kier molecular flexibility index (Phi) is 18.6.